The van der Waals surface area contributed by atoms with Gasteiger partial charge < -0.3 is 5.32 Å². The Bertz CT molecular complexity index is 968. The van der Waals surface area contributed by atoms with Gasteiger partial charge in [-0.1, -0.05) is 36.4 Å². The first-order valence-electron chi connectivity index (χ1n) is 7.38. The summed E-state index contributed by atoms with van der Waals surface area (Å²) < 4.78 is 24.3. The molecule has 0 aromatic heterocycles. The quantitative estimate of drug-likeness (QED) is 0.779. The number of fused-ring (bicyclic) bond motifs is 1. The molecule has 0 atom stereocenters. The minimum atomic E-state index is -3.67. The van der Waals surface area contributed by atoms with E-state index in [9.17, 15) is 22.8 Å². The second-order valence-corrected chi connectivity index (χ2v) is 7.64. The van der Waals surface area contributed by atoms with Crippen molar-refractivity contribution in [1.29, 1.82) is 0 Å². The maximum Gasteiger partial charge on any atom is 0.261 e. The fourth-order valence-electron chi connectivity index (χ4n) is 2.59. The van der Waals surface area contributed by atoms with Crippen LogP contribution in [0.1, 0.15) is 26.3 Å². The molecular weight excluding hydrogens is 344 g/mol. The summed E-state index contributed by atoms with van der Waals surface area (Å²) in [5, 5.41) is 4.53. The Balaban J connectivity index is 1.74. The van der Waals surface area contributed by atoms with E-state index < -0.39 is 33.3 Å². The van der Waals surface area contributed by atoms with Crippen molar-refractivity contribution in [2.45, 2.75) is 5.75 Å². The van der Waals surface area contributed by atoms with E-state index in [1.807, 2.05) is 0 Å². The molecule has 2 aromatic rings. The predicted molar refractivity (Wildman–Crippen MR) is 90.8 cm³/mol. The topological polar surface area (TPSA) is 109 Å². The smallest absolute Gasteiger partial charge is 0.261 e. The van der Waals surface area contributed by atoms with Crippen LogP contribution in [0.3, 0.4) is 0 Å². The van der Waals surface area contributed by atoms with Crippen LogP contribution < -0.4 is 10.6 Å². The normalized spacial score (nSPS) is 13.3. The molecule has 7 nitrogen and oxygen atoms in total. The Morgan fingerprint density at radius 1 is 0.960 bits per heavy atom. The highest BCUT2D eigenvalue weighted by atomic mass is 32.2. The maximum atomic E-state index is 12.2. The number of rotatable bonds is 5. The predicted octanol–water partition coefficient (Wildman–Crippen LogP) is 1.12. The summed E-state index contributed by atoms with van der Waals surface area (Å²) in [6.07, 6.45) is 0. The zero-order valence-electron chi connectivity index (χ0n) is 13.0. The Kier molecular flexibility index (Phi) is 4.37. The zero-order chi connectivity index (χ0) is 18.0. The second kappa shape index (κ2) is 6.48. The highest BCUT2D eigenvalue weighted by molar-refractivity contribution is 7.91. The van der Waals surface area contributed by atoms with Gasteiger partial charge in [0.1, 0.15) is 5.75 Å². The van der Waals surface area contributed by atoms with E-state index in [0.29, 0.717) is 5.56 Å². The van der Waals surface area contributed by atoms with Gasteiger partial charge in [-0.25, -0.2) is 8.42 Å². The second-order valence-electron chi connectivity index (χ2n) is 5.58. The molecule has 1 heterocycles. The molecule has 3 amide bonds. The van der Waals surface area contributed by atoms with Crippen LogP contribution in [0.2, 0.25) is 0 Å². The monoisotopic (exact) mass is 358 g/mol. The van der Waals surface area contributed by atoms with Crippen molar-refractivity contribution in [3.05, 3.63) is 65.2 Å². The number of anilines is 1. The SMILES string of the molecule is O=C(CS(=O)(=O)Cc1ccccc1)Nc1cccc2c1C(=O)NC2=O. The summed E-state index contributed by atoms with van der Waals surface area (Å²) >= 11 is 0. The van der Waals surface area contributed by atoms with Crippen LogP contribution in [0.15, 0.2) is 48.5 Å². The summed E-state index contributed by atoms with van der Waals surface area (Å²) in [6.45, 7) is 0. The molecular formula is C17H14N2O5S. The van der Waals surface area contributed by atoms with Gasteiger partial charge in [0.05, 0.1) is 22.6 Å². The summed E-state index contributed by atoms with van der Waals surface area (Å²) in [6, 6.07) is 12.9. The minimum Gasteiger partial charge on any atom is -0.324 e. The van der Waals surface area contributed by atoms with Crippen molar-refractivity contribution in [2.24, 2.45) is 0 Å². The van der Waals surface area contributed by atoms with Crippen LogP contribution >= 0.6 is 0 Å². The van der Waals surface area contributed by atoms with Crippen LogP contribution in [0.4, 0.5) is 5.69 Å². The fourth-order valence-corrected chi connectivity index (χ4v) is 3.86. The van der Waals surface area contributed by atoms with Crippen LogP contribution in [-0.4, -0.2) is 31.9 Å². The number of hydrogen-bond acceptors (Lipinski definition) is 5. The number of nitrogens with one attached hydrogen (secondary N) is 2. The molecule has 0 saturated carbocycles. The van der Waals surface area contributed by atoms with Crippen LogP contribution in [0, 0.1) is 0 Å². The molecule has 2 N–H and O–H groups in total. The van der Waals surface area contributed by atoms with E-state index in [4.69, 9.17) is 0 Å². The molecule has 1 aliphatic rings. The third-order valence-corrected chi connectivity index (χ3v) is 5.09. The molecule has 0 radical (unpaired) electrons. The molecule has 2 aromatic carbocycles. The van der Waals surface area contributed by atoms with E-state index in [0.717, 1.165) is 0 Å². The maximum absolute atomic E-state index is 12.2. The van der Waals surface area contributed by atoms with Crippen molar-refractivity contribution < 1.29 is 22.8 Å². The molecule has 25 heavy (non-hydrogen) atoms. The third-order valence-electron chi connectivity index (χ3n) is 3.62. The molecule has 0 aliphatic carbocycles. The number of benzene rings is 2. The molecule has 3 rings (SSSR count). The van der Waals surface area contributed by atoms with E-state index in [1.165, 1.54) is 18.2 Å². The van der Waals surface area contributed by atoms with E-state index in [1.54, 1.807) is 30.3 Å². The number of carbonyl (C=O) groups is 3. The minimum absolute atomic E-state index is 0.0429. The molecule has 128 valence electrons. The van der Waals surface area contributed by atoms with Crippen LogP contribution in [0.5, 0.6) is 0 Å². The summed E-state index contributed by atoms with van der Waals surface area (Å²) in [5.41, 5.74) is 0.887. The van der Waals surface area contributed by atoms with Crippen LogP contribution in [0.25, 0.3) is 0 Å². The van der Waals surface area contributed by atoms with Crippen molar-refractivity contribution in [3.8, 4) is 0 Å². The Labute approximate surface area is 144 Å². The van der Waals surface area contributed by atoms with Gasteiger partial charge in [0, 0.05) is 0 Å². The number of carbonyl (C=O) groups excluding carboxylic acids is 3. The van der Waals surface area contributed by atoms with Gasteiger partial charge in [-0.15, -0.1) is 0 Å². The molecule has 0 spiro atoms. The van der Waals surface area contributed by atoms with Gasteiger partial charge in [0.25, 0.3) is 11.8 Å². The third kappa shape index (κ3) is 3.74. The molecule has 0 unspecified atom stereocenters. The summed E-state index contributed by atoms with van der Waals surface area (Å²) in [5.74, 6) is -2.92. The fraction of sp³-hybridized carbons (Fsp3) is 0.118. The van der Waals surface area contributed by atoms with Gasteiger partial charge in [0.2, 0.25) is 5.91 Å². The number of sulfone groups is 1. The Morgan fingerprint density at radius 2 is 1.68 bits per heavy atom. The van der Waals surface area contributed by atoms with Crippen LogP contribution in [-0.2, 0) is 20.4 Å². The number of amides is 3. The highest BCUT2D eigenvalue weighted by Gasteiger charge is 2.30. The van der Waals surface area contributed by atoms with Crippen molar-refractivity contribution >= 4 is 33.2 Å². The van der Waals surface area contributed by atoms with Gasteiger partial charge in [0.15, 0.2) is 9.84 Å². The number of hydrogen-bond donors (Lipinski definition) is 2. The Hall–Kier alpha value is -3.00. The summed E-state index contributed by atoms with van der Waals surface area (Å²) in [7, 11) is -3.67. The van der Waals surface area contributed by atoms with Crippen molar-refractivity contribution in [1.82, 2.24) is 5.32 Å². The molecule has 0 bridgehead atoms. The zero-order valence-corrected chi connectivity index (χ0v) is 13.8. The number of imide groups is 1. The first-order chi connectivity index (χ1) is 11.9. The van der Waals surface area contributed by atoms with Gasteiger partial charge in [-0.2, -0.15) is 0 Å². The molecule has 8 heteroatoms. The van der Waals surface area contributed by atoms with Gasteiger partial charge in [-0.05, 0) is 17.7 Å². The first kappa shape index (κ1) is 16.8. The Morgan fingerprint density at radius 3 is 2.40 bits per heavy atom. The lowest BCUT2D eigenvalue weighted by Gasteiger charge is -2.09. The van der Waals surface area contributed by atoms with E-state index in [2.05, 4.69) is 10.6 Å². The van der Waals surface area contributed by atoms with Crippen molar-refractivity contribution in [3.63, 3.8) is 0 Å². The average Bonchev–Trinajstić information content (AvgIpc) is 2.83. The highest BCUT2D eigenvalue weighted by Crippen LogP contribution is 2.24. The first-order valence-corrected chi connectivity index (χ1v) is 9.21. The van der Waals surface area contributed by atoms with Crippen molar-refractivity contribution in [2.75, 3.05) is 11.1 Å². The van der Waals surface area contributed by atoms with E-state index >= 15 is 0 Å². The standard InChI is InChI=1S/C17H14N2O5S/c20-14(10-25(23,24)9-11-5-2-1-3-6-11)18-13-8-4-7-12-15(13)17(22)19-16(12)21/h1-8H,9-10H2,(H,18,20)(H,19,21,22). The molecule has 0 saturated heterocycles. The average molecular weight is 358 g/mol. The van der Waals surface area contributed by atoms with Gasteiger partial charge >= 0.3 is 0 Å². The summed E-state index contributed by atoms with van der Waals surface area (Å²) in [4.78, 5) is 35.5. The lowest BCUT2D eigenvalue weighted by molar-refractivity contribution is -0.113. The van der Waals surface area contributed by atoms with Gasteiger partial charge in [-0.3, -0.25) is 19.7 Å². The molecule has 0 fully saturated rings. The lowest BCUT2D eigenvalue weighted by Crippen LogP contribution is -2.25. The lowest BCUT2D eigenvalue weighted by atomic mass is 10.1. The largest absolute Gasteiger partial charge is 0.324 e. The van der Waals surface area contributed by atoms with E-state index in [-0.39, 0.29) is 22.6 Å². The molecule has 1 aliphatic heterocycles.